The van der Waals surface area contributed by atoms with Gasteiger partial charge in [-0.25, -0.2) is 4.79 Å². The predicted molar refractivity (Wildman–Crippen MR) is 250 cm³/mol. The van der Waals surface area contributed by atoms with Crippen LogP contribution < -0.4 is 48.7 Å². The Bertz CT molecular complexity index is 2120. The Kier molecular flexibility index (Phi) is 25.0. The Morgan fingerprint density at radius 2 is 1.20 bits per heavy atom. The fourth-order valence-corrected chi connectivity index (χ4v) is 7.22. The number of hydrogen-bond acceptors (Lipinski definition) is 18. The number of carbonyl (C=O) groups is 12. The van der Waals surface area contributed by atoms with Crippen molar-refractivity contribution in [3.63, 3.8) is 0 Å². The Balaban J connectivity index is 2.40. The van der Waals surface area contributed by atoms with Crippen molar-refractivity contribution in [3.8, 4) is 5.75 Å². The first-order valence-electron chi connectivity index (χ1n) is 21.8. The van der Waals surface area contributed by atoms with Gasteiger partial charge in [-0.1, -0.05) is 12.1 Å². The summed E-state index contributed by atoms with van der Waals surface area (Å²) in [4.78, 5) is 156. The highest BCUT2D eigenvalue weighted by atomic mass is 32.1. The molecule has 0 aliphatic carbocycles. The molecule has 1 fully saturated rings. The number of aliphatic hydroxyl groups excluding tert-OH is 2. The summed E-state index contributed by atoms with van der Waals surface area (Å²) in [6.45, 7) is -0.138. The number of aliphatic hydroxyl groups is 2. The van der Waals surface area contributed by atoms with Crippen molar-refractivity contribution in [2.24, 2.45) is 11.5 Å². The van der Waals surface area contributed by atoms with Crippen LogP contribution in [-0.2, 0) is 64.0 Å². The molecule has 2 rings (SSSR count). The van der Waals surface area contributed by atoms with E-state index in [1.165, 1.54) is 24.3 Å². The molecule has 1 heterocycles. The van der Waals surface area contributed by atoms with E-state index in [0.717, 1.165) is 11.8 Å². The number of benzene rings is 1. The fraction of sp³-hybridized carbons (Fsp3) is 0.561. The molecule has 10 atom stereocenters. The van der Waals surface area contributed by atoms with Gasteiger partial charge in [0.15, 0.2) is 6.04 Å². The summed E-state index contributed by atoms with van der Waals surface area (Å²) in [7, 11) is 0. The van der Waals surface area contributed by atoms with Gasteiger partial charge >= 0.3 is 17.9 Å². The second kappa shape index (κ2) is 29.4. The number of hydrogen-bond donors (Lipinski definition) is 17. The lowest BCUT2D eigenvalue weighted by molar-refractivity contribution is -0.145. The zero-order chi connectivity index (χ0) is 53.7. The number of nitrogens with one attached hydrogen (secondary N) is 7. The zero-order valence-electron chi connectivity index (χ0n) is 38.1. The molecule has 394 valence electrons. The molecule has 0 radical (unpaired) electrons. The van der Waals surface area contributed by atoms with Gasteiger partial charge < -0.3 is 84.2 Å². The highest BCUT2D eigenvalue weighted by molar-refractivity contribution is 7.80. The minimum absolute atomic E-state index is 0.0432. The number of aliphatic carboxylic acids is 3. The van der Waals surface area contributed by atoms with Crippen LogP contribution in [0.25, 0.3) is 0 Å². The molecule has 28 nitrogen and oxygen atoms in total. The second-order valence-corrected chi connectivity index (χ2v) is 16.9. The monoisotopic (exact) mass is 1040 g/mol. The SMILES string of the molecule is C[C@H](O)[C@@H](NC(=O)[C@H](CO)NC(=O)[C@H](CS)NC(=O)[C@H](CCC(=O)O)NC(=O)[C@H]1CCCN1C(=O)[C@@H](CCC(N)=O)NC(=O)[C@H](Cc1ccc(O)cc1)NC(=O)[C@H](CC(=O)O)NC(=O)[C@@H](N)CS)C(=O)O. The molecule has 30 heteroatoms. The van der Waals surface area contributed by atoms with E-state index in [1.54, 1.807) is 0 Å². The summed E-state index contributed by atoms with van der Waals surface area (Å²) in [5.41, 5.74) is 11.4. The van der Waals surface area contributed by atoms with Gasteiger partial charge in [0, 0.05) is 37.3 Å². The second-order valence-electron chi connectivity index (χ2n) is 16.2. The van der Waals surface area contributed by atoms with Crippen molar-refractivity contribution < 1.29 is 88.2 Å². The third-order valence-corrected chi connectivity index (χ3v) is 11.4. The molecule has 0 unspecified atom stereocenters. The molecule has 17 N–H and O–H groups in total. The molecule has 1 saturated heterocycles. The Morgan fingerprint density at radius 3 is 1.73 bits per heavy atom. The largest absolute Gasteiger partial charge is 0.508 e. The van der Waals surface area contributed by atoms with E-state index in [2.05, 4.69) is 57.2 Å². The topological polar surface area (TPSA) is 466 Å². The summed E-state index contributed by atoms with van der Waals surface area (Å²) < 4.78 is 0. The number of likely N-dealkylation sites (tertiary alicyclic amines) is 1. The summed E-state index contributed by atoms with van der Waals surface area (Å²) in [5.74, 6) is -14.9. The van der Waals surface area contributed by atoms with Crippen LogP contribution in [-0.4, -0.2) is 192 Å². The van der Waals surface area contributed by atoms with E-state index in [0.29, 0.717) is 5.56 Å². The normalized spacial score (nSPS) is 16.9. The van der Waals surface area contributed by atoms with Crippen molar-refractivity contribution in [1.29, 1.82) is 0 Å². The third kappa shape index (κ3) is 19.9. The van der Waals surface area contributed by atoms with Gasteiger partial charge in [0.2, 0.25) is 53.2 Å². The number of nitrogens with two attached hydrogens (primary N) is 2. The molecule has 71 heavy (non-hydrogen) atoms. The van der Waals surface area contributed by atoms with Gasteiger partial charge in [-0.15, -0.1) is 0 Å². The number of nitrogens with zero attached hydrogens (tertiary/aromatic N) is 1. The summed E-state index contributed by atoms with van der Waals surface area (Å²) >= 11 is 7.96. The van der Waals surface area contributed by atoms with E-state index < -0.39 is 176 Å². The number of aromatic hydroxyl groups is 1. The van der Waals surface area contributed by atoms with Crippen LogP contribution in [0, 0.1) is 0 Å². The third-order valence-electron chi connectivity index (χ3n) is 10.6. The Morgan fingerprint density at radius 1 is 0.676 bits per heavy atom. The van der Waals surface area contributed by atoms with Crippen LogP contribution >= 0.6 is 25.3 Å². The van der Waals surface area contributed by atoms with Crippen LogP contribution in [0.1, 0.15) is 57.4 Å². The van der Waals surface area contributed by atoms with E-state index in [1.807, 2.05) is 5.32 Å². The fourth-order valence-electron chi connectivity index (χ4n) is 6.79. The molecule has 1 aliphatic rings. The molecule has 0 saturated carbocycles. The van der Waals surface area contributed by atoms with Crippen LogP contribution in [0.2, 0.25) is 0 Å². The van der Waals surface area contributed by atoms with Gasteiger partial charge in [-0.2, -0.15) is 25.3 Å². The molecule has 0 bridgehead atoms. The zero-order valence-corrected chi connectivity index (χ0v) is 39.9. The quantitative estimate of drug-likeness (QED) is 0.0319. The smallest absolute Gasteiger partial charge is 0.328 e. The molecule has 0 aromatic heterocycles. The number of rotatable bonds is 30. The first-order valence-corrected chi connectivity index (χ1v) is 23.0. The summed E-state index contributed by atoms with van der Waals surface area (Å²) in [6.07, 6.45) is -5.00. The lowest BCUT2D eigenvalue weighted by Crippen LogP contribution is -2.61. The maximum atomic E-state index is 14.3. The van der Waals surface area contributed by atoms with Crippen molar-refractivity contribution in [3.05, 3.63) is 29.8 Å². The number of carbonyl (C=O) groups excluding carboxylic acids is 9. The molecule has 0 spiro atoms. The molecule has 9 amide bonds. The molecular weight excluding hydrogens is 985 g/mol. The van der Waals surface area contributed by atoms with Crippen molar-refractivity contribution in [1.82, 2.24) is 42.1 Å². The minimum atomic E-state index is -1.83. The van der Waals surface area contributed by atoms with Gasteiger partial charge in [0.1, 0.15) is 48.0 Å². The van der Waals surface area contributed by atoms with Crippen molar-refractivity contribution >= 4 is 96.3 Å². The van der Waals surface area contributed by atoms with E-state index in [-0.39, 0.29) is 37.3 Å². The number of amides is 9. The average molecular weight is 1050 g/mol. The van der Waals surface area contributed by atoms with E-state index >= 15 is 0 Å². The Hall–Kier alpha value is -6.76. The number of phenolic OH excluding ortho intramolecular Hbond substituents is 1. The van der Waals surface area contributed by atoms with E-state index in [4.69, 9.17) is 11.5 Å². The predicted octanol–water partition coefficient (Wildman–Crippen LogP) is -6.43. The van der Waals surface area contributed by atoms with Crippen LogP contribution in [0.5, 0.6) is 5.75 Å². The van der Waals surface area contributed by atoms with Crippen molar-refractivity contribution in [2.75, 3.05) is 24.7 Å². The average Bonchev–Trinajstić information content (AvgIpc) is 3.81. The highest BCUT2D eigenvalue weighted by Gasteiger charge is 2.41. The Labute approximate surface area is 416 Å². The lowest BCUT2D eigenvalue weighted by atomic mass is 10.0. The standard InChI is InChI=1S/C41H60N10O18S2/c1-18(53)32(41(68)69)50-37(64)26(15-52)48-38(65)27(17-71)49-34(61)22(9-11-30(56)57)44-39(66)28-3-2-12-51(28)40(67)23(8-10-29(43)55)45-35(62)24(13-19-4-6-20(54)7-5-19)47-36(63)25(14-31(58)59)46-33(60)21(42)16-70/h4-7,18,21-28,32,52-54,70-71H,2-3,8-17,42H2,1H3,(H2,43,55)(H,44,66)(H,45,62)(H,46,60)(H,47,63)(H,48,65)(H,49,61)(H,50,64)(H,56,57)(H,58,59)(H,68,69)/t18-,21-,22-,23+,24-,25-,26-,27-,28+,32+/m0/s1. The first kappa shape index (κ1) is 60.4. The lowest BCUT2D eigenvalue weighted by Gasteiger charge is -2.31. The first-order chi connectivity index (χ1) is 33.3. The molecule has 1 aromatic rings. The number of phenols is 1. The summed E-state index contributed by atoms with van der Waals surface area (Å²) in [6, 6.07) is -9.34. The van der Waals surface area contributed by atoms with Gasteiger partial charge in [-0.05, 0) is 50.3 Å². The maximum Gasteiger partial charge on any atom is 0.328 e. The molecular formula is C41H60N10O18S2. The van der Waals surface area contributed by atoms with Crippen LogP contribution in [0.4, 0.5) is 0 Å². The number of carboxylic acids is 3. The van der Waals surface area contributed by atoms with Crippen LogP contribution in [0.3, 0.4) is 0 Å². The number of primary amides is 1. The van der Waals surface area contributed by atoms with E-state index in [9.17, 15) is 88.2 Å². The molecule has 1 aliphatic heterocycles. The van der Waals surface area contributed by atoms with Crippen LogP contribution in [0.15, 0.2) is 24.3 Å². The van der Waals surface area contributed by atoms with Crippen molar-refractivity contribution in [2.45, 2.75) is 119 Å². The highest BCUT2D eigenvalue weighted by Crippen LogP contribution is 2.21. The van der Waals surface area contributed by atoms with Gasteiger partial charge in [0.25, 0.3) is 0 Å². The van der Waals surface area contributed by atoms with Gasteiger partial charge in [0.05, 0.1) is 25.2 Å². The van der Waals surface area contributed by atoms with Gasteiger partial charge in [-0.3, -0.25) is 52.7 Å². The minimum Gasteiger partial charge on any atom is -0.508 e. The number of thiol groups is 2. The number of carboxylic acid groups (broad SMARTS) is 3. The maximum absolute atomic E-state index is 14.3. The molecule has 1 aromatic carbocycles. The summed E-state index contributed by atoms with van der Waals surface area (Å²) in [5, 5.41) is 73.1.